The number of nitrogens with zero attached hydrogens (tertiary/aromatic N) is 2. The molecule has 1 aromatic carbocycles. The lowest BCUT2D eigenvalue weighted by molar-refractivity contribution is -0.155. The molecule has 1 fully saturated rings. The van der Waals surface area contributed by atoms with Crippen molar-refractivity contribution in [3.8, 4) is 0 Å². The van der Waals surface area contributed by atoms with Gasteiger partial charge in [-0.15, -0.1) is 0 Å². The van der Waals surface area contributed by atoms with Crippen LogP contribution < -0.4 is 0 Å². The summed E-state index contributed by atoms with van der Waals surface area (Å²) in [4.78, 5) is 16.2. The Kier molecular flexibility index (Phi) is 4.48. The van der Waals surface area contributed by atoms with Gasteiger partial charge in [0, 0.05) is 18.3 Å². The van der Waals surface area contributed by atoms with E-state index in [1.165, 1.54) is 0 Å². The third-order valence-electron chi connectivity index (χ3n) is 3.45. The normalized spacial score (nSPS) is 15.1. The van der Waals surface area contributed by atoms with E-state index >= 15 is 0 Å². The van der Waals surface area contributed by atoms with Crippen LogP contribution in [0.4, 0.5) is 0 Å². The summed E-state index contributed by atoms with van der Waals surface area (Å²) in [5.74, 6) is -0.182. The number of benzene rings is 1. The second-order valence-corrected chi connectivity index (χ2v) is 5.55. The molecule has 1 heterocycles. The van der Waals surface area contributed by atoms with Crippen LogP contribution in [0.25, 0.3) is 0 Å². The van der Waals surface area contributed by atoms with E-state index in [0.717, 1.165) is 18.4 Å². The first-order valence-electron chi connectivity index (χ1n) is 7.13. The fourth-order valence-electron chi connectivity index (χ4n) is 2.08. The van der Waals surface area contributed by atoms with Crippen molar-refractivity contribution < 1.29 is 14.3 Å². The maximum atomic E-state index is 12.3. The summed E-state index contributed by atoms with van der Waals surface area (Å²) >= 11 is 5.19. The van der Waals surface area contributed by atoms with Gasteiger partial charge < -0.3 is 9.47 Å². The van der Waals surface area contributed by atoms with E-state index in [9.17, 15) is 4.79 Å². The molecule has 1 atom stereocenters. The number of hydrogen-bond acceptors (Lipinski definition) is 5. The van der Waals surface area contributed by atoms with Crippen molar-refractivity contribution in [1.82, 2.24) is 9.55 Å². The molecule has 6 heteroatoms. The lowest BCUT2D eigenvalue weighted by Gasteiger charge is -2.18. The first kappa shape index (κ1) is 14.7. The number of esters is 1. The largest absolute Gasteiger partial charge is 0.458 e. The van der Waals surface area contributed by atoms with Crippen LogP contribution in [0.15, 0.2) is 49.1 Å². The van der Waals surface area contributed by atoms with E-state index < -0.39 is 6.10 Å². The summed E-state index contributed by atoms with van der Waals surface area (Å²) in [7, 11) is 0. The van der Waals surface area contributed by atoms with Crippen LogP contribution in [0.2, 0.25) is 0 Å². The number of rotatable bonds is 5. The highest BCUT2D eigenvalue weighted by Crippen LogP contribution is 2.35. The average molecular weight is 316 g/mol. The van der Waals surface area contributed by atoms with Crippen LogP contribution in [-0.4, -0.2) is 26.8 Å². The number of aromatic nitrogens is 2. The fraction of sp³-hybridized carbons (Fsp3) is 0.312. The minimum Gasteiger partial charge on any atom is -0.458 e. The molecule has 0 bridgehead atoms. The average Bonchev–Trinajstić information content (AvgIpc) is 3.23. The van der Waals surface area contributed by atoms with Gasteiger partial charge in [-0.25, -0.2) is 9.78 Å². The highest BCUT2D eigenvalue weighted by molar-refractivity contribution is 7.80. The molecule has 1 aromatic heterocycles. The molecule has 1 aliphatic carbocycles. The van der Waals surface area contributed by atoms with Gasteiger partial charge in [0.15, 0.2) is 0 Å². The molecule has 0 aliphatic heterocycles. The van der Waals surface area contributed by atoms with Gasteiger partial charge in [0.2, 0.25) is 6.10 Å². The zero-order valence-corrected chi connectivity index (χ0v) is 12.7. The summed E-state index contributed by atoms with van der Waals surface area (Å²) in [5.41, 5.74) is 0.947. The van der Waals surface area contributed by atoms with Gasteiger partial charge in [-0.2, -0.15) is 0 Å². The van der Waals surface area contributed by atoms with Crippen molar-refractivity contribution in [2.24, 2.45) is 5.92 Å². The minimum absolute atomic E-state index is 0.185. The molecule has 0 radical (unpaired) electrons. The fourth-order valence-corrected chi connectivity index (χ4v) is 2.29. The molecule has 2 aromatic rings. The molecular formula is C16H16N2O3S. The number of thiocarbonyl (C=S) groups is 1. The SMILES string of the molecule is O=C(OCc1ccccc1)C(OC(=S)n1ccnc1)C1CC1. The summed E-state index contributed by atoms with van der Waals surface area (Å²) in [6.07, 6.45) is 6.10. The number of hydrogen-bond donors (Lipinski definition) is 0. The van der Waals surface area contributed by atoms with E-state index in [1.807, 2.05) is 30.3 Å². The maximum Gasteiger partial charge on any atom is 0.348 e. The first-order valence-corrected chi connectivity index (χ1v) is 7.54. The van der Waals surface area contributed by atoms with E-state index in [2.05, 4.69) is 4.98 Å². The van der Waals surface area contributed by atoms with Gasteiger partial charge in [-0.05, 0) is 30.6 Å². The Morgan fingerprint density at radius 1 is 1.36 bits per heavy atom. The van der Waals surface area contributed by atoms with Crippen LogP contribution >= 0.6 is 12.2 Å². The van der Waals surface area contributed by atoms with Crippen LogP contribution in [0.3, 0.4) is 0 Å². The van der Waals surface area contributed by atoms with Crippen molar-refractivity contribution in [3.63, 3.8) is 0 Å². The third-order valence-corrected chi connectivity index (χ3v) is 3.76. The predicted octanol–water partition coefficient (Wildman–Crippen LogP) is 2.55. The van der Waals surface area contributed by atoms with Crippen LogP contribution in [0.1, 0.15) is 18.4 Å². The molecule has 5 nitrogen and oxygen atoms in total. The highest BCUT2D eigenvalue weighted by Gasteiger charge is 2.40. The third kappa shape index (κ3) is 3.71. The van der Waals surface area contributed by atoms with E-state index in [-0.39, 0.29) is 23.7 Å². The van der Waals surface area contributed by atoms with Gasteiger partial charge >= 0.3 is 5.97 Å². The van der Waals surface area contributed by atoms with Crippen molar-refractivity contribution in [3.05, 3.63) is 54.6 Å². The van der Waals surface area contributed by atoms with Gasteiger partial charge in [0.25, 0.3) is 5.17 Å². The Morgan fingerprint density at radius 2 is 2.14 bits per heavy atom. The molecule has 1 saturated carbocycles. The van der Waals surface area contributed by atoms with Gasteiger partial charge in [-0.1, -0.05) is 30.3 Å². The number of ether oxygens (including phenoxy) is 2. The second-order valence-electron chi connectivity index (χ2n) is 5.21. The quantitative estimate of drug-likeness (QED) is 0.627. The van der Waals surface area contributed by atoms with Crippen LogP contribution in [-0.2, 0) is 20.9 Å². The molecule has 0 saturated heterocycles. The Labute approximate surface area is 133 Å². The number of imidazole rings is 1. The maximum absolute atomic E-state index is 12.3. The van der Waals surface area contributed by atoms with E-state index in [0.29, 0.717) is 0 Å². The standard InChI is InChI=1S/C16H16N2O3S/c19-15(20-10-12-4-2-1-3-5-12)14(13-6-7-13)21-16(22)18-9-8-17-11-18/h1-5,8-9,11,13-14H,6-7,10H2. The summed E-state index contributed by atoms with van der Waals surface area (Å²) in [6, 6.07) is 9.57. The minimum atomic E-state index is -0.640. The Bertz CT molecular complexity index is 639. The topological polar surface area (TPSA) is 53.4 Å². The molecule has 0 spiro atoms. The smallest absolute Gasteiger partial charge is 0.348 e. The zero-order chi connectivity index (χ0) is 15.4. The molecular weight excluding hydrogens is 300 g/mol. The van der Waals surface area contributed by atoms with Gasteiger partial charge in [0.05, 0.1) is 0 Å². The number of carbonyl (C=O) groups is 1. The van der Waals surface area contributed by atoms with E-state index in [1.54, 1.807) is 23.3 Å². The summed E-state index contributed by atoms with van der Waals surface area (Å²) in [5, 5.41) is 0.214. The Morgan fingerprint density at radius 3 is 2.77 bits per heavy atom. The van der Waals surface area contributed by atoms with Crippen molar-refractivity contribution in [1.29, 1.82) is 0 Å². The van der Waals surface area contributed by atoms with Crippen molar-refractivity contribution in [2.75, 3.05) is 0 Å². The Balaban J connectivity index is 1.59. The molecule has 0 amide bonds. The molecule has 3 rings (SSSR count). The lowest BCUT2D eigenvalue weighted by atomic mass is 10.2. The molecule has 1 unspecified atom stereocenters. The summed E-state index contributed by atoms with van der Waals surface area (Å²) in [6.45, 7) is 0.240. The van der Waals surface area contributed by atoms with Gasteiger partial charge in [0.1, 0.15) is 12.9 Å². The van der Waals surface area contributed by atoms with Crippen LogP contribution in [0.5, 0.6) is 0 Å². The van der Waals surface area contributed by atoms with Crippen molar-refractivity contribution in [2.45, 2.75) is 25.6 Å². The molecule has 22 heavy (non-hydrogen) atoms. The van der Waals surface area contributed by atoms with Crippen LogP contribution in [0, 0.1) is 5.92 Å². The highest BCUT2D eigenvalue weighted by atomic mass is 32.1. The second kappa shape index (κ2) is 6.70. The molecule has 1 aliphatic rings. The zero-order valence-electron chi connectivity index (χ0n) is 11.9. The number of carbonyl (C=O) groups excluding carboxylic acids is 1. The summed E-state index contributed by atoms with van der Waals surface area (Å²) < 4.78 is 12.6. The van der Waals surface area contributed by atoms with E-state index in [4.69, 9.17) is 21.7 Å². The lowest BCUT2D eigenvalue weighted by Crippen LogP contribution is -2.32. The Hall–Kier alpha value is -2.21. The van der Waals surface area contributed by atoms with Crippen molar-refractivity contribution >= 4 is 23.4 Å². The molecule has 0 N–H and O–H groups in total. The van der Waals surface area contributed by atoms with Gasteiger partial charge in [-0.3, -0.25) is 4.57 Å². The molecule has 114 valence electrons. The first-order chi connectivity index (χ1) is 10.7. The monoisotopic (exact) mass is 316 g/mol. The predicted molar refractivity (Wildman–Crippen MR) is 84.1 cm³/mol.